The van der Waals surface area contributed by atoms with Gasteiger partial charge in [0.1, 0.15) is 0 Å². The predicted molar refractivity (Wildman–Crippen MR) is 69.5 cm³/mol. The van der Waals surface area contributed by atoms with E-state index in [1.54, 1.807) is 12.1 Å². The Morgan fingerprint density at radius 1 is 1.32 bits per heavy atom. The minimum absolute atomic E-state index is 0.176. The number of amides is 1. The fraction of sp³-hybridized carbons (Fsp3) is 0.0769. The van der Waals surface area contributed by atoms with Crippen LogP contribution in [0, 0.1) is 0 Å². The molecule has 1 amide bonds. The molecule has 0 spiro atoms. The predicted octanol–water partition coefficient (Wildman–Crippen LogP) is 2.97. The number of benzene rings is 1. The number of methoxy groups -OCH3 is 1. The van der Waals surface area contributed by atoms with Crippen LogP contribution in [0.5, 0.6) is 0 Å². The van der Waals surface area contributed by atoms with Gasteiger partial charge < -0.3 is 14.5 Å². The number of carbonyl (C=O) groups excluding carboxylic acids is 2. The molecule has 0 radical (unpaired) electrons. The van der Waals surface area contributed by atoms with E-state index in [9.17, 15) is 9.59 Å². The van der Waals surface area contributed by atoms with Crippen LogP contribution in [0.15, 0.2) is 41.0 Å². The van der Waals surface area contributed by atoms with Gasteiger partial charge in [-0.3, -0.25) is 4.79 Å². The summed E-state index contributed by atoms with van der Waals surface area (Å²) in [7, 11) is 1.26. The third-order valence-electron chi connectivity index (χ3n) is 2.37. The van der Waals surface area contributed by atoms with Gasteiger partial charge in [0, 0.05) is 5.69 Å². The molecule has 1 N–H and O–H groups in total. The average molecular weight is 280 g/mol. The summed E-state index contributed by atoms with van der Waals surface area (Å²) in [6.07, 6.45) is 1.40. The molecule has 0 unspecified atom stereocenters. The summed E-state index contributed by atoms with van der Waals surface area (Å²) in [4.78, 5) is 23.2. The molecule has 0 saturated carbocycles. The standard InChI is InChI=1S/C13H10ClNO4/c1-18-13(17)9-7-8(4-5-10(9)14)15-12(16)11-3-2-6-19-11/h2-7H,1H3,(H,15,16). The summed E-state index contributed by atoms with van der Waals surface area (Å²) >= 11 is 5.87. The van der Waals surface area contributed by atoms with Gasteiger partial charge in [0.05, 0.1) is 24.0 Å². The van der Waals surface area contributed by atoms with Gasteiger partial charge in [-0.1, -0.05) is 11.6 Å². The molecule has 1 aromatic carbocycles. The molecule has 0 aliphatic heterocycles. The number of carbonyl (C=O) groups is 2. The number of anilines is 1. The van der Waals surface area contributed by atoms with Gasteiger partial charge in [0.2, 0.25) is 0 Å². The molecular weight excluding hydrogens is 270 g/mol. The van der Waals surface area contributed by atoms with E-state index in [1.165, 1.54) is 31.6 Å². The van der Waals surface area contributed by atoms with Crippen molar-refractivity contribution in [3.05, 3.63) is 52.9 Å². The van der Waals surface area contributed by atoms with Gasteiger partial charge in [-0.15, -0.1) is 0 Å². The lowest BCUT2D eigenvalue weighted by atomic mass is 10.2. The van der Waals surface area contributed by atoms with Crippen molar-refractivity contribution in [1.82, 2.24) is 0 Å². The quantitative estimate of drug-likeness (QED) is 0.877. The average Bonchev–Trinajstić information content (AvgIpc) is 2.94. The number of hydrogen-bond donors (Lipinski definition) is 1. The van der Waals surface area contributed by atoms with Crippen LogP contribution in [0.1, 0.15) is 20.9 Å². The highest BCUT2D eigenvalue weighted by atomic mass is 35.5. The second-order valence-corrected chi connectivity index (χ2v) is 4.02. The van der Waals surface area contributed by atoms with Crippen LogP contribution in [-0.4, -0.2) is 19.0 Å². The fourth-order valence-electron chi connectivity index (χ4n) is 1.47. The highest BCUT2D eigenvalue weighted by Crippen LogP contribution is 2.21. The van der Waals surface area contributed by atoms with Crippen LogP contribution >= 0.6 is 11.6 Å². The Balaban J connectivity index is 2.22. The van der Waals surface area contributed by atoms with Crippen molar-refractivity contribution in [2.45, 2.75) is 0 Å². The molecule has 2 rings (SSSR count). The molecule has 6 heteroatoms. The first-order chi connectivity index (χ1) is 9.11. The van der Waals surface area contributed by atoms with E-state index >= 15 is 0 Å². The molecular formula is C13H10ClNO4. The molecule has 0 atom stereocenters. The first-order valence-electron chi connectivity index (χ1n) is 5.34. The summed E-state index contributed by atoms with van der Waals surface area (Å²) in [5.41, 5.74) is 0.604. The maximum atomic E-state index is 11.8. The van der Waals surface area contributed by atoms with E-state index in [2.05, 4.69) is 10.1 Å². The summed E-state index contributed by atoms with van der Waals surface area (Å²) < 4.78 is 9.56. The number of hydrogen-bond acceptors (Lipinski definition) is 4. The highest BCUT2D eigenvalue weighted by molar-refractivity contribution is 6.33. The Kier molecular flexibility index (Phi) is 3.87. The van der Waals surface area contributed by atoms with Gasteiger partial charge in [-0.05, 0) is 30.3 Å². The Labute approximate surface area is 114 Å². The van der Waals surface area contributed by atoms with E-state index in [-0.39, 0.29) is 16.3 Å². The van der Waals surface area contributed by atoms with Crippen LogP contribution in [0.2, 0.25) is 5.02 Å². The second-order valence-electron chi connectivity index (χ2n) is 3.62. The summed E-state index contributed by atoms with van der Waals surface area (Å²) in [5.74, 6) is -0.809. The zero-order valence-electron chi connectivity index (χ0n) is 9.98. The van der Waals surface area contributed by atoms with E-state index in [1.807, 2.05) is 0 Å². The number of furan rings is 1. The SMILES string of the molecule is COC(=O)c1cc(NC(=O)c2ccco2)ccc1Cl. The number of ether oxygens (including phenoxy) is 1. The zero-order chi connectivity index (χ0) is 13.8. The van der Waals surface area contributed by atoms with Gasteiger partial charge in [-0.2, -0.15) is 0 Å². The zero-order valence-corrected chi connectivity index (χ0v) is 10.7. The fourth-order valence-corrected chi connectivity index (χ4v) is 1.66. The Morgan fingerprint density at radius 3 is 2.74 bits per heavy atom. The maximum Gasteiger partial charge on any atom is 0.339 e. The molecule has 0 fully saturated rings. The van der Waals surface area contributed by atoms with Gasteiger partial charge in [-0.25, -0.2) is 4.79 Å². The normalized spacial score (nSPS) is 10.0. The van der Waals surface area contributed by atoms with Gasteiger partial charge in [0.15, 0.2) is 5.76 Å². The lowest BCUT2D eigenvalue weighted by Gasteiger charge is -2.07. The number of nitrogens with one attached hydrogen (secondary N) is 1. The smallest absolute Gasteiger partial charge is 0.339 e. The maximum absolute atomic E-state index is 11.8. The van der Waals surface area contributed by atoms with Crippen molar-refractivity contribution in [3.8, 4) is 0 Å². The molecule has 0 bridgehead atoms. The van der Waals surface area contributed by atoms with E-state index in [4.69, 9.17) is 16.0 Å². The Hall–Kier alpha value is -2.27. The lowest BCUT2D eigenvalue weighted by Crippen LogP contribution is -2.12. The van der Waals surface area contributed by atoms with Gasteiger partial charge in [0.25, 0.3) is 5.91 Å². The molecule has 0 saturated heterocycles. The molecule has 1 heterocycles. The largest absolute Gasteiger partial charge is 0.465 e. The minimum Gasteiger partial charge on any atom is -0.465 e. The molecule has 0 aliphatic carbocycles. The molecule has 0 aliphatic rings. The number of esters is 1. The van der Waals surface area contributed by atoms with E-state index in [0.717, 1.165) is 0 Å². The molecule has 1 aromatic heterocycles. The van der Waals surface area contributed by atoms with Crippen molar-refractivity contribution in [1.29, 1.82) is 0 Å². The first-order valence-corrected chi connectivity index (χ1v) is 5.72. The van der Waals surface area contributed by atoms with Crippen molar-refractivity contribution >= 4 is 29.2 Å². The number of halogens is 1. The number of rotatable bonds is 3. The van der Waals surface area contributed by atoms with Crippen LogP contribution in [0.3, 0.4) is 0 Å². The lowest BCUT2D eigenvalue weighted by molar-refractivity contribution is 0.0600. The van der Waals surface area contributed by atoms with Crippen LogP contribution < -0.4 is 5.32 Å². The van der Waals surface area contributed by atoms with E-state index in [0.29, 0.717) is 5.69 Å². The summed E-state index contributed by atoms with van der Waals surface area (Å²) in [6, 6.07) is 7.67. The molecule has 5 nitrogen and oxygen atoms in total. The monoisotopic (exact) mass is 279 g/mol. The van der Waals surface area contributed by atoms with Crippen LogP contribution in [-0.2, 0) is 4.74 Å². The summed E-state index contributed by atoms with van der Waals surface area (Å²) in [6.45, 7) is 0. The second kappa shape index (κ2) is 5.58. The van der Waals surface area contributed by atoms with Gasteiger partial charge >= 0.3 is 5.97 Å². The van der Waals surface area contributed by atoms with Crippen molar-refractivity contribution < 1.29 is 18.7 Å². The van der Waals surface area contributed by atoms with Crippen LogP contribution in [0.25, 0.3) is 0 Å². The third-order valence-corrected chi connectivity index (χ3v) is 2.70. The minimum atomic E-state index is -0.570. The van der Waals surface area contributed by atoms with E-state index < -0.39 is 11.9 Å². The van der Waals surface area contributed by atoms with Crippen molar-refractivity contribution in [2.75, 3.05) is 12.4 Å². The third kappa shape index (κ3) is 2.95. The topological polar surface area (TPSA) is 68.5 Å². The first kappa shape index (κ1) is 13.2. The molecule has 98 valence electrons. The highest BCUT2D eigenvalue weighted by Gasteiger charge is 2.14. The Bertz CT molecular complexity index is 607. The summed E-state index contributed by atoms with van der Waals surface area (Å²) in [5, 5.41) is 2.84. The van der Waals surface area contributed by atoms with Crippen LogP contribution in [0.4, 0.5) is 5.69 Å². The Morgan fingerprint density at radius 2 is 2.11 bits per heavy atom. The molecule has 2 aromatic rings. The van der Waals surface area contributed by atoms with Crippen molar-refractivity contribution in [3.63, 3.8) is 0 Å². The molecule has 19 heavy (non-hydrogen) atoms. The van der Waals surface area contributed by atoms with Crippen molar-refractivity contribution in [2.24, 2.45) is 0 Å².